The van der Waals surface area contributed by atoms with Crippen LogP contribution in [0.1, 0.15) is 5.56 Å². The van der Waals surface area contributed by atoms with Crippen molar-refractivity contribution < 1.29 is 19.0 Å². The Balaban J connectivity index is 1.83. The van der Waals surface area contributed by atoms with Gasteiger partial charge in [0.1, 0.15) is 17.2 Å². The van der Waals surface area contributed by atoms with Crippen LogP contribution in [0.3, 0.4) is 0 Å². The van der Waals surface area contributed by atoms with Gasteiger partial charge < -0.3 is 24.8 Å². The van der Waals surface area contributed by atoms with Crippen molar-refractivity contribution in [3.8, 4) is 17.2 Å². The van der Waals surface area contributed by atoms with E-state index in [0.29, 0.717) is 30.2 Å². The molecule has 0 bridgehead atoms. The molecule has 1 amide bonds. The fraction of sp³-hybridized carbons (Fsp3) is 0.316. The zero-order chi connectivity index (χ0) is 18.1. The molecule has 0 heterocycles. The zero-order valence-electron chi connectivity index (χ0n) is 14.8. The summed E-state index contributed by atoms with van der Waals surface area (Å²) in [5.41, 5.74) is 1.77. The van der Waals surface area contributed by atoms with E-state index in [9.17, 15) is 4.79 Å². The van der Waals surface area contributed by atoms with Crippen LogP contribution >= 0.6 is 0 Å². The molecule has 6 nitrogen and oxygen atoms in total. The van der Waals surface area contributed by atoms with E-state index in [1.54, 1.807) is 39.5 Å². The number of carbonyl (C=O) groups excluding carboxylic acids is 1. The van der Waals surface area contributed by atoms with Gasteiger partial charge in [-0.05, 0) is 30.2 Å². The number of rotatable bonds is 9. The van der Waals surface area contributed by atoms with E-state index in [2.05, 4.69) is 10.6 Å². The number of methoxy groups -OCH3 is 3. The quantitative estimate of drug-likeness (QED) is 0.731. The maximum atomic E-state index is 12.0. The predicted octanol–water partition coefficient (Wildman–Crippen LogP) is 2.48. The SMILES string of the molecule is COc1ccc(OC)c(NCC(=O)NCCc2ccccc2OC)c1. The molecule has 0 aliphatic carbocycles. The average Bonchev–Trinajstić information content (AvgIpc) is 2.66. The van der Waals surface area contributed by atoms with Crippen LogP contribution in [-0.2, 0) is 11.2 Å². The van der Waals surface area contributed by atoms with Crippen LogP contribution in [0.25, 0.3) is 0 Å². The van der Waals surface area contributed by atoms with Gasteiger partial charge in [-0.3, -0.25) is 4.79 Å². The Kier molecular flexibility index (Phi) is 6.95. The molecule has 0 saturated carbocycles. The van der Waals surface area contributed by atoms with Crippen molar-refractivity contribution in [1.82, 2.24) is 5.32 Å². The summed E-state index contributed by atoms with van der Waals surface area (Å²) < 4.78 is 15.8. The van der Waals surface area contributed by atoms with Crippen LogP contribution in [0.2, 0.25) is 0 Å². The molecule has 0 atom stereocenters. The number of para-hydroxylation sites is 1. The third-order valence-electron chi connectivity index (χ3n) is 3.76. The Labute approximate surface area is 148 Å². The number of nitrogens with one attached hydrogen (secondary N) is 2. The Hall–Kier alpha value is -2.89. The van der Waals surface area contributed by atoms with Crippen molar-refractivity contribution in [3.05, 3.63) is 48.0 Å². The molecule has 25 heavy (non-hydrogen) atoms. The molecule has 0 radical (unpaired) electrons. The van der Waals surface area contributed by atoms with Crippen molar-refractivity contribution in [2.75, 3.05) is 39.7 Å². The van der Waals surface area contributed by atoms with Crippen molar-refractivity contribution in [1.29, 1.82) is 0 Å². The van der Waals surface area contributed by atoms with E-state index < -0.39 is 0 Å². The fourth-order valence-electron chi connectivity index (χ4n) is 2.44. The molecule has 134 valence electrons. The van der Waals surface area contributed by atoms with Crippen LogP contribution in [0.15, 0.2) is 42.5 Å². The van der Waals surface area contributed by atoms with Gasteiger partial charge in [0.15, 0.2) is 0 Å². The predicted molar refractivity (Wildman–Crippen MR) is 97.7 cm³/mol. The summed E-state index contributed by atoms with van der Waals surface area (Å²) in [5, 5.41) is 5.96. The van der Waals surface area contributed by atoms with Crippen LogP contribution in [0.4, 0.5) is 5.69 Å². The number of carbonyl (C=O) groups is 1. The summed E-state index contributed by atoms with van der Waals surface area (Å²) in [4.78, 5) is 12.0. The Bertz CT molecular complexity index is 704. The number of amides is 1. The molecular weight excluding hydrogens is 320 g/mol. The molecule has 0 fully saturated rings. The van der Waals surface area contributed by atoms with Gasteiger partial charge in [0.05, 0.1) is 33.6 Å². The van der Waals surface area contributed by atoms with Crippen molar-refractivity contribution in [2.24, 2.45) is 0 Å². The lowest BCUT2D eigenvalue weighted by molar-refractivity contribution is -0.119. The van der Waals surface area contributed by atoms with E-state index in [1.165, 1.54) is 0 Å². The van der Waals surface area contributed by atoms with Gasteiger partial charge in [0, 0.05) is 12.6 Å². The van der Waals surface area contributed by atoms with Crippen LogP contribution in [-0.4, -0.2) is 40.3 Å². The number of ether oxygens (including phenoxy) is 3. The zero-order valence-corrected chi connectivity index (χ0v) is 14.8. The summed E-state index contributed by atoms with van der Waals surface area (Å²) in [6.45, 7) is 0.686. The summed E-state index contributed by atoms with van der Waals surface area (Å²) >= 11 is 0. The highest BCUT2D eigenvalue weighted by Crippen LogP contribution is 2.28. The monoisotopic (exact) mass is 344 g/mol. The lowest BCUT2D eigenvalue weighted by Crippen LogP contribution is -2.31. The number of anilines is 1. The van der Waals surface area contributed by atoms with E-state index in [-0.39, 0.29) is 12.5 Å². The maximum absolute atomic E-state index is 12.0. The van der Waals surface area contributed by atoms with Gasteiger partial charge in [-0.1, -0.05) is 18.2 Å². The van der Waals surface area contributed by atoms with Crippen molar-refractivity contribution in [2.45, 2.75) is 6.42 Å². The third-order valence-corrected chi connectivity index (χ3v) is 3.76. The summed E-state index contributed by atoms with van der Waals surface area (Å²) in [6, 6.07) is 13.2. The van der Waals surface area contributed by atoms with Gasteiger partial charge in [-0.15, -0.1) is 0 Å². The summed E-state index contributed by atoms with van der Waals surface area (Å²) in [7, 11) is 4.82. The Morgan fingerprint density at radius 3 is 2.44 bits per heavy atom. The van der Waals surface area contributed by atoms with E-state index in [1.807, 2.05) is 24.3 Å². The molecule has 2 N–H and O–H groups in total. The molecule has 2 aromatic rings. The lowest BCUT2D eigenvalue weighted by Gasteiger charge is -2.13. The second kappa shape index (κ2) is 9.42. The highest BCUT2D eigenvalue weighted by Gasteiger charge is 2.08. The van der Waals surface area contributed by atoms with E-state index in [0.717, 1.165) is 11.3 Å². The normalized spacial score (nSPS) is 10.0. The van der Waals surface area contributed by atoms with Gasteiger partial charge in [-0.25, -0.2) is 0 Å². The number of benzene rings is 2. The molecule has 0 aliphatic heterocycles. The summed E-state index contributed by atoms with van der Waals surface area (Å²) in [6.07, 6.45) is 0.707. The first-order valence-electron chi connectivity index (χ1n) is 8.02. The molecule has 0 aromatic heterocycles. The highest BCUT2D eigenvalue weighted by molar-refractivity contribution is 5.81. The van der Waals surface area contributed by atoms with E-state index in [4.69, 9.17) is 14.2 Å². The minimum atomic E-state index is -0.0974. The van der Waals surface area contributed by atoms with E-state index >= 15 is 0 Å². The Morgan fingerprint density at radius 1 is 0.960 bits per heavy atom. The molecule has 2 aromatic carbocycles. The van der Waals surface area contributed by atoms with Gasteiger partial charge in [-0.2, -0.15) is 0 Å². The minimum absolute atomic E-state index is 0.0974. The lowest BCUT2D eigenvalue weighted by atomic mass is 10.1. The first-order valence-corrected chi connectivity index (χ1v) is 8.02. The van der Waals surface area contributed by atoms with Gasteiger partial charge in [0.2, 0.25) is 5.91 Å². The molecule has 6 heteroatoms. The van der Waals surface area contributed by atoms with Crippen LogP contribution in [0, 0.1) is 0 Å². The van der Waals surface area contributed by atoms with Crippen LogP contribution in [0.5, 0.6) is 17.2 Å². The van der Waals surface area contributed by atoms with Crippen molar-refractivity contribution in [3.63, 3.8) is 0 Å². The van der Waals surface area contributed by atoms with Crippen molar-refractivity contribution >= 4 is 11.6 Å². The molecular formula is C19H24N2O4. The molecule has 2 rings (SSSR count). The number of hydrogen-bond donors (Lipinski definition) is 2. The molecule has 0 saturated heterocycles. The highest BCUT2D eigenvalue weighted by atomic mass is 16.5. The smallest absolute Gasteiger partial charge is 0.239 e. The topological polar surface area (TPSA) is 68.8 Å². The maximum Gasteiger partial charge on any atom is 0.239 e. The largest absolute Gasteiger partial charge is 0.497 e. The molecule has 0 spiro atoms. The average molecular weight is 344 g/mol. The first-order chi connectivity index (χ1) is 12.2. The van der Waals surface area contributed by atoms with Crippen LogP contribution < -0.4 is 24.8 Å². The van der Waals surface area contributed by atoms with Gasteiger partial charge in [0.25, 0.3) is 0 Å². The van der Waals surface area contributed by atoms with Gasteiger partial charge >= 0.3 is 0 Å². The molecule has 0 aliphatic rings. The second-order valence-corrected chi connectivity index (χ2v) is 5.33. The third kappa shape index (κ3) is 5.31. The Morgan fingerprint density at radius 2 is 1.72 bits per heavy atom. The minimum Gasteiger partial charge on any atom is -0.497 e. The molecule has 0 unspecified atom stereocenters. The second-order valence-electron chi connectivity index (χ2n) is 5.33. The fourth-order valence-corrected chi connectivity index (χ4v) is 2.44. The standard InChI is InChI=1S/C19H24N2O4/c1-23-15-8-9-18(25-3)16(12-15)21-13-19(22)20-11-10-14-6-4-5-7-17(14)24-2/h4-9,12,21H,10-11,13H2,1-3H3,(H,20,22). The number of hydrogen-bond acceptors (Lipinski definition) is 5. The summed E-state index contributed by atoms with van der Waals surface area (Å²) in [5.74, 6) is 2.08. The first kappa shape index (κ1) is 18.4.